The molecule has 0 aliphatic carbocycles. The number of ether oxygens (including phenoxy) is 1. The number of hydrogen-bond acceptors (Lipinski definition) is 4. The second-order valence-electron chi connectivity index (χ2n) is 5.09. The fourth-order valence-corrected chi connectivity index (χ4v) is 3.47. The van der Waals surface area contributed by atoms with Crippen LogP contribution in [-0.4, -0.2) is 40.0 Å². The molecular formula is C14H22N2O3S. The number of hydrogen-bond donors (Lipinski definition) is 1. The van der Waals surface area contributed by atoms with Gasteiger partial charge in [-0.3, -0.25) is 4.72 Å². The molecule has 5 nitrogen and oxygen atoms in total. The summed E-state index contributed by atoms with van der Waals surface area (Å²) in [5.41, 5.74) is 1.71. The van der Waals surface area contributed by atoms with Crippen LogP contribution < -0.4 is 9.62 Å². The third-order valence-electron chi connectivity index (χ3n) is 3.31. The van der Waals surface area contributed by atoms with Crippen LogP contribution >= 0.6 is 0 Å². The second-order valence-corrected chi connectivity index (χ2v) is 6.93. The molecule has 1 unspecified atom stereocenters. The normalized spacial score (nSPS) is 19.9. The molecule has 0 saturated carbocycles. The molecule has 1 heterocycles. The predicted octanol–water partition coefficient (Wildman–Crippen LogP) is 2.06. The quantitative estimate of drug-likeness (QED) is 0.904. The van der Waals surface area contributed by atoms with Crippen LogP contribution in [0.25, 0.3) is 0 Å². The van der Waals surface area contributed by atoms with Crippen molar-refractivity contribution in [1.29, 1.82) is 0 Å². The lowest BCUT2D eigenvalue weighted by atomic mass is 10.2. The van der Waals surface area contributed by atoms with Crippen molar-refractivity contribution in [1.82, 2.24) is 0 Å². The Hall–Kier alpha value is -1.27. The van der Waals surface area contributed by atoms with Crippen LogP contribution in [0.5, 0.6) is 0 Å². The molecule has 6 heteroatoms. The van der Waals surface area contributed by atoms with Crippen LogP contribution in [0.15, 0.2) is 24.3 Å². The molecule has 1 aliphatic rings. The number of nitrogens with zero attached hydrogens (tertiary/aromatic N) is 1. The SMILES string of the molecule is CCCS(=O)(=O)Nc1ccc(N2CCOCC2C)cc1. The average Bonchev–Trinajstić information content (AvgIpc) is 2.40. The van der Waals surface area contributed by atoms with Crippen molar-refractivity contribution in [3.05, 3.63) is 24.3 Å². The molecule has 1 aliphatic heterocycles. The van der Waals surface area contributed by atoms with Gasteiger partial charge in [-0.1, -0.05) is 6.92 Å². The first-order valence-electron chi connectivity index (χ1n) is 6.97. The van der Waals surface area contributed by atoms with Crippen molar-refractivity contribution >= 4 is 21.4 Å². The summed E-state index contributed by atoms with van der Waals surface area (Å²) in [5, 5.41) is 0. The third kappa shape index (κ3) is 3.86. The van der Waals surface area contributed by atoms with E-state index < -0.39 is 10.0 Å². The Morgan fingerprint density at radius 2 is 2.05 bits per heavy atom. The number of sulfonamides is 1. The summed E-state index contributed by atoms with van der Waals surface area (Å²) in [6, 6.07) is 7.86. The molecule has 1 aromatic carbocycles. The van der Waals surface area contributed by atoms with Crippen molar-refractivity contribution in [2.75, 3.05) is 35.1 Å². The largest absolute Gasteiger partial charge is 0.377 e. The molecule has 2 rings (SSSR count). The molecule has 1 aromatic rings. The number of morpholine rings is 1. The van der Waals surface area contributed by atoms with E-state index in [-0.39, 0.29) is 5.75 Å². The molecule has 1 saturated heterocycles. The highest BCUT2D eigenvalue weighted by molar-refractivity contribution is 7.92. The summed E-state index contributed by atoms with van der Waals surface area (Å²) in [7, 11) is -3.22. The number of nitrogens with one attached hydrogen (secondary N) is 1. The molecule has 0 spiro atoms. The lowest BCUT2D eigenvalue weighted by Gasteiger charge is -2.35. The van der Waals surface area contributed by atoms with Crippen molar-refractivity contribution in [2.24, 2.45) is 0 Å². The molecule has 0 amide bonds. The highest BCUT2D eigenvalue weighted by Gasteiger charge is 2.19. The van der Waals surface area contributed by atoms with E-state index in [0.29, 0.717) is 18.2 Å². The standard InChI is InChI=1S/C14H22N2O3S/c1-3-10-20(17,18)15-13-4-6-14(7-5-13)16-8-9-19-11-12(16)2/h4-7,12,15H,3,8-11H2,1-2H3. The van der Waals surface area contributed by atoms with Gasteiger partial charge in [-0.05, 0) is 37.6 Å². The minimum Gasteiger partial charge on any atom is -0.377 e. The van der Waals surface area contributed by atoms with Gasteiger partial charge < -0.3 is 9.64 Å². The van der Waals surface area contributed by atoms with Crippen molar-refractivity contribution in [2.45, 2.75) is 26.3 Å². The van der Waals surface area contributed by atoms with Gasteiger partial charge in [-0.2, -0.15) is 0 Å². The van der Waals surface area contributed by atoms with Crippen molar-refractivity contribution in [3.63, 3.8) is 0 Å². The Labute approximate surface area is 121 Å². The fourth-order valence-electron chi connectivity index (χ4n) is 2.33. The Balaban J connectivity index is 2.06. The highest BCUT2D eigenvalue weighted by atomic mass is 32.2. The van der Waals surface area contributed by atoms with Gasteiger partial charge in [-0.15, -0.1) is 0 Å². The highest BCUT2D eigenvalue weighted by Crippen LogP contribution is 2.22. The molecule has 0 bridgehead atoms. The van der Waals surface area contributed by atoms with Crippen LogP contribution in [0, 0.1) is 0 Å². The first-order valence-corrected chi connectivity index (χ1v) is 8.62. The molecule has 0 aromatic heterocycles. The van der Waals surface area contributed by atoms with Crippen LogP contribution in [-0.2, 0) is 14.8 Å². The molecule has 20 heavy (non-hydrogen) atoms. The van der Waals surface area contributed by atoms with Gasteiger partial charge in [0, 0.05) is 24.0 Å². The predicted molar refractivity (Wildman–Crippen MR) is 81.8 cm³/mol. The Bertz CT molecular complexity index is 528. The van der Waals surface area contributed by atoms with Crippen LogP contribution in [0.1, 0.15) is 20.3 Å². The molecular weight excluding hydrogens is 276 g/mol. The summed E-state index contributed by atoms with van der Waals surface area (Å²) >= 11 is 0. The van der Waals surface area contributed by atoms with E-state index in [9.17, 15) is 8.42 Å². The van der Waals surface area contributed by atoms with Gasteiger partial charge >= 0.3 is 0 Å². The van der Waals surface area contributed by atoms with Crippen LogP contribution in [0.2, 0.25) is 0 Å². The number of benzene rings is 1. The van der Waals surface area contributed by atoms with Gasteiger partial charge in [0.05, 0.1) is 19.0 Å². The number of rotatable bonds is 5. The van der Waals surface area contributed by atoms with Crippen molar-refractivity contribution in [3.8, 4) is 0 Å². The summed E-state index contributed by atoms with van der Waals surface area (Å²) in [6.07, 6.45) is 0.610. The summed E-state index contributed by atoms with van der Waals surface area (Å²) in [4.78, 5) is 2.27. The second kappa shape index (κ2) is 6.45. The average molecular weight is 298 g/mol. The lowest BCUT2D eigenvalue weighted by Crippen LogP contribution is -2.43. The maximum absolute atomic E-state index is 11.7. The van der Waals surface area contributed by atoms with Crippen LogP contribution in [0.3, 0.4) is 0 Å². The number of anilines is 2. The van der Waals surface area contributed by atoms with E-state index in [1.54, 1.807) is 0 Å². The van der Waals surface area contributed by atoms with Gasteiger partial charge in [0.15, 0.2) is 0 Å². The van der Waals surface area contributed by atoms with E-state index >= 15 is 0 Å². The molecule has 112 valence electrons. The fraction of sp³-hybridized carbons (Fsp3) is 0.571. The minimum atomic E-state index is -3.22. The van der Waals surface area contributed by atoms with Gasteiger partial charge in [0.2, 0.25) is 10.0 Å². The van der Waals surface area contributed by atoms with Crippen LogP contribution in [0.4, 0.5) is 11.4 Å². The lowest BCUT2D eigenvalue weighted by molar-refractivity contribution is 0.0989. The topological polar surface area (TPSA) is 58.6 Å². The van der Waals surface area contributed by atoms with E-state index in [2.05, 4.69) is 16.5 Å². The maximum atomic E-state index is 11.7. The zero-order valence-corrected chi connectivity index (χ0v) is 12.8. The molecule has 1 fully saturated rings. The van der Waals surface area contributed by atoms with E-state index in [4.69, 9.17) is 4.74 Å². The van der Waals surface area contributed by atoms with E-state index in [1.165, 1.54) is 0 Å². The first kappa shape index (κ1) is 15.1. The van der Waals surface area contributed by atoms with E-state index in [0.717, 1.165) is 25.4 Å². The summed E-state index contributed by atoms with van der Waals surface area (Å²) < 4.78 is 31.4. The van der Waals surface area contributed by atoms with Gasteiger partial charge in [-0.25, -0.2) is 8.42 Å². The zero-order valence-electron chi connectivity index (χ0n) is 12.0. The maximum Gasteiger partial charge on any atom is 0.232 e. The Kier molecular flexibility index (Phi) is 4.88. The molecule has 0 radical (unpaired) electrons. The first-order chi connectivity index (χ1) is 9.52. The molecule has 1 atom stereocenters. The third-order valence-corrected chi connectivity index (χ3v) is 4.81. The summed E-state index contributed by atoms with van der Waals surface area (Å²) in [5.74, 6) is 0.148. The smallest absolute Gasteiger partial charge is 0.232 e. The van der Waals surface area contributed by atoms with Crippen molar-refractivity contribution < 1.29 is 13.2 Å². The zero-order chi connectivity index (χ0) is 14.6. The summed E-state index contributed by atoms with van der Waals surface area (Å²) in [6.45, 7) is 6.29. The van der Waals surface area contributed by atoms with Gasteiger partial charge in [0.25, 0.3) is 0 Å². The minimum absolute atomic E-state index is 0.148. The van der Waals surface area contributed by atoms with E-state index in [1.807, 2.05) is 31.2 Å². The molecule has 1 N–H and O–H groups in total. The van der Waals surface area contributed by atoms with Gasteiger partial charge in [0.1, 0.15) is 0 Å². The Morgan fingerprint density at radius 1 is 1.35 bits per heavy atom. The monoisotopic (exact) mass is 298 g/mol. The Morgan fingerprint density at radius 3 is 2.65 bits per heavy atom.